The molecule has 0 aromatic carbocycles. The van der Waals surface area contributed by atoms with Crippen LogP contribution in [0.25, 0.3) is 5.52 Å². The molecule has 0 saturated heterocycles. The van der Waals surface area contributed by atoms with Crippen molar-refractivity contribution < 1.29 is 9.90 Å². The van der Waals surface area contributed by atoms with Gasteiger partial charge in [0.15, 0.2) is 0 Å². The molecule has 0 aliphatic rings. The zero-order valence-electron chi connectivity index (χ0n) is 7.47. The summed E-state index contributed by atoms with van der Waals surface area (Å²) in [6.45, 7) is 1.85. The average Bonchev–Trinajstić information content (AvgIpc) is 2.47. The summed E-state index contributed by atoms with van der Waals surface area (Å²) in [4.78, 5) is 14.7. The molecule has 4 nitrogen and oxygen atoms in total. The van der Waals surface area contributed by atoms with Crippen LogP contribution in [0.3, 0.4) is 0 Å². The van der Waals surface area contributed by atoms with Crippen LogP contribution in [0.15, 0.2) is 24.7 Å². The van der Waals surface area contributed by atoms with E-state index in [0.717, 1.165) is 11.2 Å². The number of fused-ring (bicyclic) bond motifs is 1. The van der Waals surface area contributed by atoms with Gasteiger partial charge in [-0.25, -0.2) is 9.78 Å². The van der Waals surface area contributed by atoms with Gasteiger partial charge in [0.25, 0.3) is 0 Å². The lowest BCUT2D eigenvalue weighted by Gasteiger charge is -1.96. The fourth-order valence-corrected chi connectivity index (χ4v) is 1.25. The van der Waals surface area contributed by atoms with Gasteiger partial charge in [-0.15, -0.1) is 12.4 Å². The quantitative estimate of drug-likeness (QED) is 0.784. The predicted octanol–water partition coefficient (Wildman–Crippen LogP) is 1.76. The van der Waals surface area contributed by atoms with Crippen molar-refractivity contribution in [3.63, 3.8) is 0 Å². The summed E-state index contributed by atoms with van der Waals surface area (Å²) >= 11 is 0. The van der Waals surface area contributed by atoms with Crippen LogP contribution >= 0.6 is 12.4 Å². The number of carboxylic acids is 1. The second-order valence-corrected chi connectivity index (χ2v) is 2.84. The molecular weight excluding hydrogens is 204 g/mol. The highest BCUT2D eigenvalue weighted by molar-refractivity contribution is 5.89. The Bertz CT molecular complexity index is 479. The maximum absolute atomic E-state index is 10.6. The van der Waals surface area contributed by atoms with Gasteiger partial charge in [-0.3, -0.25) is 0 Å². The molecule has 0 aliphatic carbocycles. The Morgan fingerprint density at radius 3 is 2.93 bits per heavy atom. The lowest BCUT2D eigenvalue weighted by molar-refractivity contribution is 0.0697. The SMILES string of the molecule is Cc1ncn2ccc(C(=O)O)cc12.Cl. The summed E-state index contributed by atoms with van der Waals surface area (Å²) in [6.07, 6.45) is 3.36. The van der Waals surface area contributed by atoms with E-state index in [1.807, 2.05) is 6.92 Å². The molecular formula is C9H9ClN2O2. The number of aryl methyl sites for hydroxylation is 1. The minimum Gasteiger partial charge on any atom is -0.478 e. The van der Waals surface area contributed by atoms with Gasteiger partial charge < -0.3 is 9.51 Å². The van der Waals surface area contributed by atoms with Gasteiger partial charge in [0.1, 0.15) is 0 Å². The second kappa shape index (κ2) is 3.67. The smallest absolute Gasteiger partial charge is 0.335 e. The molecule has 0 amide bonds. The van der Waals surface area contributed by atoms with Gasteiger partial charge in [-0.05, 0) is 19.1 Å². The van der Waals surface area contributed by atoms with E-state index in [9.17, 15) is 4.79 Å². The number of nitrogens with zero attached hydrogens (tertiary/aromatic N) is 2. The molecule has 0 unspecified atom stereocenters. The molecule has 0 spiro atoms. The van der Waals surface area contributed by atoms with E-state index < -0.39 is 5.97 Å². The molecule has 2 aromatic rings. The molecule has 0 saturated carbocycles. The molecule has 2 aromatic heterocycles. The number of hydrogen-bond acceptors (Lipinski definition) is 2. The fourth-order valence-electron chi connectivity index (χ4n) is 1.25. The third-order valence-corrected chi connectivity index (χ3v) is 1.98. The summed E-state index contributed by atoms with van der Waals surface area (Å²) < 4.78 is 1.79. The van der Waals surface area contributed by atoms with Crippen LogP contribution in [-0.4, -0.2) is 20.5 Å². The van der Waals surface area contributed by atoms with Crippen molar-refractivity contribution in [1.82, 2.24) is 9.38 Å². The van der Waals surface area contributed by atoms with Crippen molar-refractivity contribution in [3.8, 4) is 0 Å². The first-order valence-corrected chi connectivity index (χ1v) is 3.85. The Labute approximate surface area is 86.6 Å². The molecule has 0 bridgehead atoms. The number of hydrogen-bond donors (Lipinski definition) is 1. The number of imidazole rings is 1. The number of carboxylic acid groups (broad SMARTS) is 1. The van der Waals surface area contributed by atoms with Gasteiger partial charge in [-0.2, -0.15) is 0 Å². The number of rotatable bonds is 1. The lowest BCUT2D eigenvalue weighted by atomic mass is 10.2. The maximum Gasteiger partial charge on any atom is 0.335 e. The van der Waals surface area contributed by atoms with Crippen LogP contribution in [0.1, 0.15) is 16.1 Å². The Hall–Kier alpha value is -1.55. The van der Waals surface area contributed by atoms with Crippen molar-refractivity contribution in [2.75, 3.05) is 0 Å². The Morgan fingerprint density at radius 2 is 2.29 bits per heavy atom. The molecule has 2 rings (SSSR count). The molecule has 0 fully saturated rings. The number of aromatic nitrogens is 2. The molecule has 14 heavy (non-hydrogen) atoms. The van der Waals surface area contributed by atoms with Crippen molar-refractivity contribution in [2.24, 2.45) is 0 Å². The zero-order chi connectivity index (χ0) is 9.42. The first kappa shape index (κ1) is 10.5. The van der Waals surface area contributed by atoms with E-state index in [0.29, 0.717) is 0 Å². The van der Waals surface area contributed by atoms with E-state index in [4.69, 9.17) is 5.11 Å². The molecule has 0 aliphatic heterocycles. The third kappa shape index (κ3) is 1.56. The van der Waals surface area contributed by atoms with Crippen LogP contribution in [-0.2, 0) is 0 Å². The Kier molecular flexibility index (Phi) is 2.76. The molecule has 74 valence electrons. The predicted molar refractivity (Wildman–Crippen MR) is 54.1 cm³/mol. The van der Waals surface area contributed by atoms with E-state index in [1.54, 1.807) is 29.1 Å². The molecule has 5 heteroatoms. The first-order chi connectivity index (χ1) is 6.18. The maximum atomic E-state index is 10.6. The van der Waals surface area contributed by atoms with Crippen molar-refractivity contribution in [3.05, 3.63) is 35.9 Å². The summed E-state index contributed by atoms with van der Waals surface area (Å²) in [5.74, 6) is -0.914. The molecule has 0 radical (unpaired) electrons. The zero-order valence-corrected chi connectivity index (χ0v) is 8.28. The van der Waals surface area contributed by atoms with E-state index in [2.05, 4.69) is 4.98 Å². The van der Waals surface area contributed by atoms with E-state index in [1.165, 1.54) is 0 Å². The fraction of sp³-hybridized carbons (Fsp3) is 0.111. The van der Waals surface area contributed by atoms with Crippen LogP contribution in [0, 0.1) is 6.92 Å². The molecule has 0 atom stereocenters. The van der Waals surface area contributed by atoms with Gasteiger partial charge in [-0.1, -0.05) is 0 Å². The minimum atomic E-state index is -0.914. The van der Waals surface area contributed by atoms with Gasteiger partial charge in [0.05, 0.1) is 23.1 Å². The molecule has 1 N–H and O–H groups in total. The van der Waals surface area contributed by atoms with Crippen LogP contribution < -0.4 is 0 Å². The third-order valence-electron chi connectivity index (χ3n) is 1.98. The first-order valence-electron chi connectivity index (χ1n) is 3.85. The number of aromatic carboxylic acids is 1. The topological polar surface area (TPSA) is 54.6 Å². The standard InChI is InChI=1S/C9H8N2O2.ClH/c1-6-8-4-7(9(12)13)2-3-11(8)5-10-6;/h2-5H,1H3,(H,12,13);1H. The summed E-state index contributed by atoms with van der Waals surface area (Å²) in [7, 11) is 0. The summed E-state index contributed by atoms with van der Waals surface area (Å²) in [5, 5.41) is 8.74. The highest BCUT2D eigenvalue weighted by atomic mass is 35.5. The van der Waals surface area contributed by atoms with Crippen LogP contribution in [0.2, 0.25) is 0 Å². The number of halogens is 1. The Balaban J connectivity index is 0.000000980. The van der Waals surface area contributed by atoms with Crippen molar-refractivity contribution in [1.29, 1.82) is 0 Å². The normalized spacial score (nSPS) is 9.79. The van der Waals surface area contributed by atoms with Crippen LogP contribution in [0.4, 0.5) is 0 Å². The van der Waals surface area contributed by atoms with E-state index >= 15 is 0 Å². The minimum absolute atomic E-state index is 0. The average molecular weight is 213 g/mol. The van der Waals surface area contributed by atoms with Gasteiger partial charge >= 0.3 is 5.97 Å². The Morgan fingerprint density at radius 1 is 1.57 bits per heavy atom. The second-order valence-electron chi connectivity index (χ2n) is 2.84. The van der Waals surface area contributed by atoms with Gasteiger partial charge in [0, 0.05) is 6.20 Å². The van der Waals surface area contributed by atoms with Gasteiger partial charge in [0.2, 0.25) is 0 Å². The highest BCUT2D eigenvalue weighted by Crippen LogP contribution is 2.10. The van der Waals surface area contributed by atoms with Crippen molar-refractivity contribution in [2.45, 2.75) is 6.92 Å². The number of carbonyl (C=O) groups is 1. The number of pyridine rings is 1. The lowest BCUT2D eigenvalue weighted by Crippen LogP contribution is -1.97. The van der Waals surface area contributed by atoms with Crippen LogP contribution in [0.5, 0.6) is 0 Å². The summed E-state index contributed by atoms with van der Waals surface area (Å²) in [5.41, 5.74) is 1.96. The van der Waals surface area contributed by atoms with E-state index in [-0.39, 0.29) is 18.0 Å². The monoisotopic (exact) mass is 212 g/mol. The largest absolute Gasteiger partial charge is 0.478 e. The highest BCUT2D eigenvalue weighted by Gasteiger charge is 2.05. The molecule has 2 heterocycles. The van der Waals surface area contributed by atoms with Crippen molar-refractivity contribution >= 4 is 23.9 Å². The summed E-state index contributed by atoms with van der Waals surface area (Å²) in [6, 6.07) is 3.17.